The minimum absolute atomic E-state index is 0.0592. The van der Waals surface area contributed by atoms with Gasteiger partial charge in [0.15, 0.2) is 5.82 Å². The third kappa shape index (κ3) is 7.20. The molecule has 204 valence electrons. The number of piperidine rings is 1. The first-order valence-corrected chi connectivity index (χ1v) is 12.3. The monoisotopic (exact) mass is 527 g/mol. The highest BCUT2D eigenvalue weighted by Crippen LogP contribution is 2.37. The van der Waals surface area contributed by atoms with Gasteiger partial charge in [-0.2, -0.15) is 18.3 Å². The van der Waals surface area contributed by atoms with Crippen molar-refractivity contribution in [2.75, 3.05) is 13.7 Å². The SMILES string of the molecule is COc1cc(-c2cc(C(=O)N3CCCCC3(C)C)[nH]n2)c(F)cn1.O=CNC1CCC(C(F)(F)F)CC1. The molecule has 2 N–H and O–H groups in total. The van der Waals surface area contributed by atoms with Crippen LogP contribution in [0.5, 0.6) is 5.88 Å². The zero-order chi connectivity index (χ0) is 27.2. The highest BCUT2D eigenvalue weighted by molar-refractivity contribution is 5.94. The lowest BCUT2D eigenvalue weighted by Crippen LogP contribution is -2.50. The number of rotatable bonds is 5. The summed E-state index contributed by atoms with van der Waals surface area (Å²) in [6.45, 7) is 4.85. The van der Waals surface area contributed by atoms with E-state index in [9.17, 15) is 27.2 Å². The van der Waals surface area contributed by atoms with E-state index in [4.69, 9.17) is 4.74 Å². The molecular weight excluding hydrogens is 494 g/mol. The van der Waals surface area contributed by atoms with Crippen molar-refractivity contribution in [3.8, 4) is 17.1 Å². The first kappa shape index (κ1) is 28.4. The van der Waals surface area contributed by atoms with Crippen LogP contribution in [0.3, 0.4) is 0 Å². The van der Waals surface area contributed by atoms with E-state index in [0.717, 1.165) is 32.0 Å². The lowest BCUT2D eigenvalue weighted by Gasteiger charge is -2.42. The molecule has 12 heteroatoms. The minimum Gasteiger partial charge on any atom is -0.481 e. The minimum atomic E-state index is -4.06. The molecule has 1 aliphatic carbocycles. The van der Waals surface area contributed by atoms with Gasteiger partial charge in [0.25, 0.3) is 5.91 Å². The molecule has 4 rings (SSSR count). The van der Waals surface area contributed by atoms with Crippen LogP contribution in [0.4, 0.5) is 17.6 Å². The number of pyridine rings is 1. The standard InChI is InChI=1S/C17H21FN4O2.C8H12F3NO/c1-17(2)6-4-5-7-22(17)16(23)14-9-13(20-21-14)11-8-15(24-3)19-10-12(11)18;9-8(10,11)6-1-3-7(4-2-6)12-5-13/h8-10H,4-7H2,1-3H3,(H,20,21);5-7H,1-4H2,(H,12,13). The van der Waals surface area contributed by atoms with Crippen LogP contribution in [0.2, 0.25) is 0 Å². The van der Waals surface area contributed by atoms with Gasteiger partial charge in [-0.1, -0.05) is 0 Å². The van der Waals surface area contributed by atoms with E-state index in [-0.39, 0.29) is 35.9 Å². The number of amides is 2. The van der Waals surface area contributed by atoms with Gasteiger partial charge in [0.2, 0.25) is 12.3 Å². The lowest BCUT2D eigenvalue weighted by atomic mass is 9.86. The summed E-state index contributed by atoms with van der Waals surface area (Å²) >= 11 is 0. The zero-order valence-electron chi connectivity index (χ0n) is 21.2. The molecule has 0 bridgehead atoms. The van der Waals surface area contributed by atoms with Gasteiger partial charge in [-0.15, -0.1) is 0 Å². The Morgan fingerprint density at radius 3 is 2.51 bits per heavy atom. The molecule has 8 nitrogen and oxygen atoms in total. The number of aromatic nitrogens is 3. The Balaban J connectivity index is 0.000000248. The van der Waals surface area contributed by atoms with E-state index in [2.05, 4.69) is 34.3 Å². The van der Waals surface area contributed by atoms with Crippen LogP contribution in [-0.2, 0) is 4.79 Å². The normalized spacial score (nSPS) is 21.4. The highest BCUT2D eigenvalue weighted by atomic mass is 19.4. The molecule has 2 fully saturated rings. The van der Waals surface area contributed by atoms with Crippen molar-refractivity contribution in [1.29, 1.82) is 0 Å². The second-order valence-electron chi connectivity index (χ2n) is 9.97. The van der Waals surface area contributed by atoms with E-state index >= 15 is 0 Å². The summed E-state index contributed by atoms with van der Waals surface area (Å²) in [5.74, 6) is -1.50. The van der Waals surface area contributed by atoms with Crippen LogP contribution >= 0.6 is 0 Å². The molecule has 3 heterocycles. The maximum Gasteiger partial charge on any atom is 0.391 e. The van der Waals surface area contributed by atoms with Crippen molar-refractivity contribution < 1.29 is 31.9 Å². The molecule has 2 amide bonds. The van der Waals surface area contributed by atoms with Crippen molar-refractivity contribution in [1.82, 2.24) is 25.4 Å². The van der Waals surface area contributed by atoms with Crippen LogP contribution in [0.25, 0.3) is 11.3 Å². The summed E-state index contributed by atoms with van der Waals surface area (Å²) in [6, 6.07) is 2.98. The maximum atomic E-state index is 14.0. The number of halogens is 4. The number of hydrogen-bond acceptors (Lipinski definition) is 5. The third-order valence-electron chi connectivity index (χ3n) is 7.01. The van der Waals surface area contributed by atoms with Crippen LogP contribution in [0, 0.1) is 11.7 Å². The Kier molecular flexibility index (Phi) is 9.14. The van der Waals surface area contributed by atoms with Crippen LogP contribution in [0.15, 0.2) is 18.3 Å². The predicted molar refractivity (Wildman–Crippen MR) is 128 cm³/mol. The third-order valence-corrected chi connectivity index (χ3v) is 7.01. The van der Waals surface area contributed by atoms with Gasteiger partial charge < -0.3 is 15.0 Å². The van der Waals surface area contributed by atoms with Crippen LogP contribution < -0.4 is 10.1 Å². The van der Waals surface area contributed by atoms with Crippen molar-refractivity contribution >= 4 is 12.3 Å². The van der Waals surface area contributed by atoms with E-state index in [0.29, 0.717) is 36.5 Å². The van der Waals surface area contributed by atoms with Gasteiger partial charge in [-0.05, 0) is 64.9 Å². The predicted octanol–water partition coefficient (Wildman–Crippen LogP) is 4.88. The number of hydrogen-bond donors (Lipinski definition) is 2. The molecule has 2 aliphatic rings. The number of aromatic amines is 1. The van der Waals surface area contributed by atoms with Gasteiger partial charge in [0.1, 0.15) is 5.69 Å². The molecule has 0 aromatic carbocycles. The van der Waals surface area contributed by atoms with E-state index in [1.165, 1.54) is 13.2 Å². The number of alkyl halides is 3. The molecular formula is C25H33F4N5O3. The summed E-state index contributed by atoms with van der Waals surface area (Å²) in [7, 11) is 1.46. The Morgan fingerprint density at radius 2 is 1.92 bits per heavy atom. The fourth-order valence-corrected chi connectivity index (χ4v) is 4.77. The molecule has 0 unspecified atom stereocenters. The van der Waals surface area contributed by atoms with Gasteiger partial charge in [-0.3, -0.25) is 14.7 Å². The fraction of sp³-hybridized carbons (Fsp3) is 0.600. The average molecular weight is 528 g/mol. The average Bonchev–Trinajstić information content (AvgIpc) is 3.34. The highest BCUT2D eigenvalue weighted by Gasteiger charge is 2.41. The van der Waals surface area contributed by atoms with Crippen molar-refractivity contribution in [3.05, 3.63) is 29.8 Å². The van der Waals surface area contributed by atoms with Crippen LogP contribution in [-0.4, -0.2) is 63.8 Å². The number of methoxy groups -OCH3 is 1. The molecule has 1 saturated carbocycles. The maximum absolute atomic E-state index is 14.0. The Hall–Kier alpha value is -3.18. The molecule has 1 saturated heterocycles. The molecule has 2 aromatic rings. The number of nitrogens with zero attached hydrogens (tertiary/aromatic N) is 3. The van der Waals surface area contributed by atoms with Gasteiger partial charge in [-0.25, -0.2) is 9.37 Å². The summed E-state index contributed by atoms with van der Waals surface area (Å²) < 4.78 is 55.5. The molecule has 1 aliphatic heterocycles. The molecule has 0 radical (unpaired) electrons. The van der Waals surface area contributed by atoms with E-state index < -0.39 is 17.9 Å². The summed E-state index contributed by atoms with van der Waals surface area (Å²) in [5, 5.41) is 9.33. The molecule has 37 heavy (non-hydrogen) atoms. The smallest absolute Gasteiger partial charge is 0.391 e. The summed E-state index contributed by atoms with van der Waals surface area (Å²) in [6.07, 6.45) is 1.79. The van der Waals surface area contributed by atoms with Gasteiger partial charge >= 0.3 is 6.18 Å². The van der Waals surface area contributed by atoms with Gasteiger partial charge in [0.05, 0.1) is 24.9 Å². The van der Waals surface area contributed by atoms with E-state index in [1.54, 1.807) is 6.07 Å². The largest absolute Gasteiger partial charge is 0.481 e. The van der Waals surface area contributed by atoms with Crippen molar-refractivity contribution in [2.45, 2.75) is 76.6 Å². The first-order valence-electron chi connectivity index (χ1n) is 12.3. The van der Waals surface area contributed by atoms with Crippen molar-refractivity contribution in [3.63, 3.8) is 0 Å². The second-order valence-corrected chi connectivity index (χ2v) is 9.97. The Bertz CT molecular complexity index is 1060. The topological polar surface area (TPSA) is 100 Å². The molecule has 0 atom stereocenters. The van der Waals surface area contributed by atoms with Crippen LogP contribution in [0.1, 0.15) is 69.3 Å². The number of ether oxygens (including phenoxy) is 1. The first-order chi connectivity index (χ1) is 17.5. The van der Waals surface area contributed by atoms with Gasteiger partial charge in [0, 0.05) is 29.8 Å². The summed E-state index contributed by atoms with van der Waals surface area (Å²) in [4.78, 5) is 28.5. The second kappa shape index (κ2) is 11.9. The number of nitrogens with one attached hydrogen (secondary N) is 2. The Labute approximate surface area is 213 Å². The number of likely N-dealkylation sites (tertiary alicyclic amines) is 1. The Morgan fingerprint density at radius 1 is 1.22 bits per heavy atom. The molecule has 2 aromatic heterocycles. The van der Waals surface area contributed by atoms with Crippen molar-refractivity contribution in [2.24, 2.45) is 5.92 Å². The fourth-order valence-electron chi connectivity index (χ4n) is 4.77. The quantitative estimate of drug-likeness (QED) is 0.427. The lowest BCUT2D eigenvalue weighted by molar-refractivity contribution is -0.182. The number of carbonyl (C=O) groups is 2. The zero-order valence-corrected chi connectivity index (χ0v) is 21.2. The number of carbonyl (C=O) groups excluding carboxylic acids is 2. The summed E-state index contributed by atoms with van der Waals surface area (Å²) in [5.41, 5.74) is 0.766. The number of H-pyrrole nitrogens is 1. The van der Waals surface area contributed by atoms with E-state index in [1.807, 2.05) is 4.90 Å². The molecule has 0 spiro atoms.